The molecule has 0 aliphatic rings. The minimum atomic E-state index is -0.882. The van der Waals surface area contributed by atoms with E-state index in [0.717, 1.165) is 0 Å². The van der Waals surface area contributed by atoms with Gasteiger partial charge in [0, 0.05) is 5.69 Å². The van der Waals surface area contributed by atoms with Crippen LogP contribution in [0.15, 0.2) is 48.5 Å². The number of esters is 1. The Morgan fingerprint density at radius 2 is 1.74 bits per heavy atom. The third-order valence-corrected chi connectivity index (χ3v) is 3.08. The van der Waals surface area contributed by atoms with Crippen molar-refractivity contribution in [2.75, 3.05) is 12.4 Å². The van der Waals surface area contributed by atoms with Crippen LogP contribution in [0.2, 0.25) is 0 Å². The van der Waals surface area contributed by atoms with Gasteiger partial charge in [-0.05, 0) is 43.3 Å². The minimum Gasteiger partial charge on any atom is -0.478 e. The van der Waals surface area contributed by atoms with Crippen LogP contribution in [-0.4, -0.2) is 25.1 Å². The number of nitrogens with one attached hydrogen (secondary N) is 1. The highest BCUT2D eigenvalue weighted by Gasteiger charge is 2.16. The number of halogens is 1. The summed E-state index contributed by atoms with van der Waals surface area (Å²) in [4.78, 5) is 23.4. The van der Waals surface area contributed by atoms with Crippen LogP contribution >= 0.6 is 0 Å². The molecule has 0 heterocycles. The van der Waals surface area contributed by atoms with E-state index in [1.165, 1.54) is 44.4 Å². The Labute approximate surface area is 133 Å². The first kappa shape index (κ1) is 16.5. The Bertz CT molecular complexity index is 700. The molecular formula is C17H16FNO4. The van der Waals surface area contributed by atoms with Crippen molar-refractivity contribution in [3.63, 3.8) is 0 Å². The Kier molecular flexibility index (Phi) is 5.30. The summed E-state index contributed by atoms with van der Waals surface area (Å²) >= 11 is 0. The zero-order valence-corrected chi connectivity index (χ0v) is 12.7. The molecule has 6 heteroatoms. The fourth-order valence-electron chi connectivity index (χ4n) is 1.84. The third-order valence-electron chi connectivity index (χ3n) is 3.08. The molecule has 0 aliphatic heterocycles. The second-order valence-electron chi connectivity index (χ2n) is 4.75. The maximum Gasteiger partial charge on any atom is 0.337 e. The van der Waals surface area contributed by atoms with Crippen molar-refractivity contribution in [1.82, 2.24) is 0 Å². The summed E-state index contributed by atoms with van der Waals surface area (Å²) in [6.45, 7) is 1.52. The number of carbonyl (C=O) groups excluding carboxylic acids is 2. The maximum atomic E-state index is 13.5. The minimum absolute atomic E-state index is 0.0104. The smallest absolute Gasteiger partial charge is 0.337 e. The zero-order chi connectivity index (χ0) is 16.8. The second-order valence-corrected chi connectivity index (χ2v) is 4.75. The standard InChI is InChI=1S/C17H16FNO4/c1-11(23-15-6-4-3-5-14(15)18)16(20)19-13-9-7-12(8-10-13)17(21)22-2/h3-11H,1-2H3,(H,19,20). The van der Waals surface area contributed by atoms with Crippen LogP contribution in [0.5, 0.6) is 5.75 Å². The molecule has 1 N–H and O–H groups in total. The van der Waals surface area contributed by atoms with E-state index in [2.05, 4.69) is 10.1 Å². The van der Waals surface area contributed by atoms with E-state index in [-0.39, 0.29) is 5.75 Å². The SMILES string of the molecule is COC(=O)c1ccc(NC(=O)C(C)Oc2ccccc2F)cc1. The molecule has 0 saturated heterocycles. The van der Waals surface area contributed by atoms with Crippen LogP contribution in [0.25, 0.3) is 0 Å². The monoisotopic (exact) mass is 317 g/mol. The van der Waals surface area contributed by atoms with Crippen molar-refractivity contribution >= 4 is 17.6 Å². The van der Waals surface area contributed by atoms with Crippen molar-refractivity contribution in [2.45, 2.75) is 13.0 Å². The summed E-state index contributed by atoms with van der Waals surface area (Å²) in [5, 5.41) is 2.63. The van der Waals surface area contributed by atoms with Crippen molar-refractivity contribution < 1.29 is 23.5 Å². The average Bonchev–Trinajstić information content (AvgIpc) is 2.56. The van der Waals surface area contributed by atoms with Gasteiger partial charge < -0.3 is 14.8 Å². The van der Waals surface area contributed by atoms with Gasteiger partial charge in [0.25, 0.3) is 5.91 Å². The molecular weight excluding hydrogens is 301 g/mol. The summed E-state index contributed by atoms with van der Waals surface area (Å²) in [6, 6.07) is 12.1. The molecule has 5 nitrogen and oxygen atoms in total. The van der Waals surface area contributed by atoms with Gasteiger partial charge in [-0.1, -0.05) is 12.1 Å². The van der Waals surface area contributed by atoms with Crippen LogP contribution in [0.1, 0.15) is 17.3 Å². The fourth-order valence-corrected chi connectivity index (χ4v) is 1.84. The van der Waals surface area contributed by atoms with Crippen molar-refractivity contribution in [3.05, 3.63) is 59.9 Å². The molecule has 23 heavy (non-hydrogen) atoms. The summed E-state index contributed by atoms with van der Waals surface area (Å²) in [5.74, 6) is -1.41. The number of anilines is 1. The van der Waals surface area contributed by atoms with Crippen LogP contribution < -0.4 is 10.1 Å². The lowest BCUT2D eigenvalue weighted by atomic mass is 10.2. The maximum absolute atomic E-state index is 13.5. The first-order valence-corrected chi connectivity index (χ1v) is 6.91. The van der Waals surface area contributed by atoms with Gasteiger partial charge in [-0.25, -0.2) is 9.18 Å². The van der Waals surface area contributed by atoms with Gasteiger partial charge in [0.05, 0.1) is 12.7 Å². The fraction of sp³-hybridized carbons (Fsp3) is 0.176. The predicted molar refractivity (Wildman–Crippen MR) is 82.9 cm³/mol. The van der Waals surface area contributed by atoms with Crippen LogP contribution in [0.4, 0.5) is 10.1 Å². The van der Waals surface area contributed by atoms with Gasteiger partial charge in [-0.3, -0.25) is 4.79 Å². The van der Waals surface area contributed by atoms with Gasteiger partial charge in [0.2, 0.25) is 0 Å². The van der Waals surface area contributed by atoms with E-state index in [9.17, 15) is 14.0 Å². The number of amides is 1. The van der Waals surface area contributed by atoms with E-state index in [1.54, 1.807) is 18.2 Å². The molecule has 120 valence electrons. The van der Waals surface area contributed by atoms with E-state index < -0.39 is 23.8 Å². The van der Waals surface area contributed by atoms with Gasteiger partial charge >= 0.3 is 5.97 Å². The summed E-state index contributed by atoms with van der Waals surface area (Å²) in [6.07, 6.45) is -0.882. The number of ether oxygens (including phenoxy) is 2. The quantitative estimate of drug-likeness (QED) is 0.861. The van der Waals surface area contributed by atoms with E-state index in [0.29, 0.717) is 11.3 Å². The molecule has 1 amide bonds. The molecule has 0 fully saturated rings. The van der Waals surface area contributed by atoms with E-state index in [1.807, 2.05) is 0 Å². The molecule has 2 aromatic carbocycles. The Hall–Kier alpha value is -2.89. The van der Waals surface area contributed by atoms with E-state index >= 15 is 0 Å². The average molecular weight is 317 g/mol. The van der Waals surface area contributed by atoms with Gasteiger partial charge in [-0.15, -0.1) is 0 Å². The highest BCUT2D eigenvalue weighted by atomic mass is 19.1. The van der Waals surface area contributed by atoms with E-state index in [4.69, 9.17) is 4.74 Å². The van der Waals surface area contributed by atoms with Gasteiger partial charge in [0.15, 0.2) is 17.7 Å². The topological polar surface area (TPSA) is 64.6 Å². The molecule has 0 radical (unpaired) electrons. The number of methoxy groups -OCH3 is 1. The van der Waals surface area contributed by atoms with Crippen LogP contribution in [-0.2, 0) is 9.53 Å². The van der Waals surface area contributed by atoms with Crippen molar-refractivity contribution in [2.24, 2.45) is 0 Å². The Morgan fingerprint density at radius 1 is 1.09 bits per heavy atom. The number of hydrogen-bond donors (Lipinski definition) is 1. The molecule has 2 aromatic rings. The predicted octanol–water partition coefficient (Wildman–Crippen LogP) is 3.02. The lowest BCUT2D eigenvalue weighted by Crippen LogP contribution is -2.30. The van der Waals surface area contributed by atoms with Crippen molar-refractivity contribution in [1.29, 1.82) is 0 Å². The summed E-state index contributed by atoms with van der Waals surface area (Å²) in [7, 11) is 1.29. The molecule has 0 bridgehead atoms. The van der Waals surface area contributed by atoms with Crippen molar-refractivity contribution in [3.8, 4) is 5.75 Å². The molecule has 0 aliphatic carbocycles. The normalized spacial score (nSPS) is 11.4. The summed E-state index contributed by atoms with van der Waals surface area (Å²) in [5.41, 5.74) is 0.868. The first-order valence-electron chi connectivity index (χ1n) is 6.91. The highest BCUT2D eigenvalue weighted by molar-refractivity contribution is 5.95. The Balaban J connectivity index is 1.98. The lowest BCUT2D eigenvalue weighted by Gasteiger charge is -2.15. The first-order chi connectivity index (χ1) is 11.0. The molecule has 1 unspecified atom stereocenters. The van der Waals surface area contributed by atoms with Crippen LogP contribution in [0.3, 0.4) is 0 Å². The van der Waals surface area contributed by atoms with Gasteiger partial charge in [0.1, 0.15) is 0 Å². The Morgan fingerprint density at radius 3 is 2.35 bits per heavy atom. The molecule has 1 atom stereocenters. The van der Waals surface area contributed by atoms with Gasteiger partial charge in [-0.2, -0.15) is 0 Å². The zero-order valence-electron chi connectivity index (χ0n) is 12.7. The van der Waals surface area contributed by atoms with Crippen LogP contribution in [0, 0.1) is 5.82 Å². The lowest BCUT2D eigenvalue weighted by molar-refractivity contribution is -0.122. The third kappa shape index (κ3) is 4.29. The molecule has 0 spiro atoms. The highest BCUT2D eigenvalue weighted by Crippen LogP contribution is 2.18. The molecule has 2 rings (SSSR count). The number of benzene rings is 2. The number of rotatable bonds is 5. The molecule has 0 aromatic heterocycles. The molecule has 0 saturated carbocycles. The second kappa shape index (κ2) is 7.40. The summed E-state index contributed by atoms with van der Waals surface area (Å²) < 4.78 is 23.4. The number of carbonyl (C=O) groups is 2. The number of hydrogen-bond acceptors (Lipinski definition) is 4. The largest absolute Gasteiger partial charge is 0.478 e. The number of para-hydroxylation sites is 1.